The first-order valence-corrected chi connectivity index (χ1v) is 7.70. The Hall–Kier alpha value is -1.07. The summed E-state index contributed by atoms with van der Waals surface area (Å²) in [5.74, 6) is 0.652. The molecule has 2 rings (SSSR count). The van der Waals surface area contributed by atoms with Gasteiger partial charge in [-0.25, -0.2) is 9.97 Å². The molecule has 0 aromatic carbocycles. The van der Waals surface area contributed by atoms with Crippen LogP contribution in [0.25, 0.3) is 0 Å². The van der Waals surface area contributed by atoms with Crippen LogP contribution >= 0.6 is 22.7 Å². The van der Waals surface area contributed by atoms with Crippen molar-refractivity contribution in [1.82, 2.24) is 9.97 Å². The van der Waals surface area contributed by atoms with Gasteiger partial charge in [-0.1, -0.05) is 27.7 Å². The minimum atomic E-state index is -0.0520. The Bertz CT molecular complexity index is 507. The summed E-state index contributed by atoms with van der Waals surface area (Å²) >= 11 is 2.81. The average molecular weight is 280 g/mol. The number of rotatable bonds is 4. The van der Waals surface area contributed by atoms with Crippen LogP contribution in [0.15, 0.2) is 10.8 Å². The molecule has 0 radical (unpaired) electrons. The topological polar surface area (TPSA) is 42.9 Å². The fourth-order valence-corrected chi connectivity index (χ4v) is 3.31. The first-order chi connectivity index (χ1) is 8.49. The lowest BCUT2D eigenvalue weighted by Crippen LogP contribution is -2.01. The summed E-state index contributed by atoms with van der Waals surface area (Å²) in [5, 5.41) is 5.00. The predicted molar refractivity (Wildman–Crippen MR) is 75.8 cm³/mol. The summed E-state index contributed by atoms with van der Waals surface area (Å²) in [6, 6.07) is 0. The molecule has 0 aliphatic heterocycles. The molecule has 3 nitrogen and oxygen atoms in total. The van der Waals surface area contributed by atoms with Gasteiger partial charge < -0.3 is 0 Å². The van der Waals surface area contributed by atoms with Gasteiger partial charge in [-0.05, 0) is 11.8 Å². The molecular formula is C13H16N2OS2. The minimum Gasteiger partial charge on any atom is -0.283 e. The Morgan fingerprint density at radius 2 is 1.33 bits per heavy atom. The Kier molecular flexibility index (Phi) is 3.92. The standard InChI is InChI=1S/C13H16N2OS2/c1-7(2)9-5-17-12(14-9)11(16)13-15-10(6-18-13)8(3)4/h5-8H,1-4H3. The van der Waals surface area contributed by atoms with Gasteiger partial charge in [0.25, 0.3) is 0 Å². The second-order valence-electron chi connectivity index (χ2n) is 4.79. The molecule has 2 aromatic rings. The quantitative estimate of drug-likeness (QED) is 0.793. The number of nitrogens with zero attached hydrogens (tertiary/aromatic N) is 2. The number of hydrogen-bond donors (Lipinski definition) is 0. The summed E-state index contributed by atoms with van der Waals surface area (Å²) in [4.78, 5) is 21.0. The second kappa shape index (κ2) is 5.28. The molecule has 0 fully saturated rings. The molecule has 0 aliphatic rings. The number of carbonyl (C=O) groups excluding carboxylic acids is 1. The minimum absolute atomic E-state index is 0.0520. The van der Waals surface area contributed by atoms with E-state index in [2.05, 4.69) is 37.7 Å². The van der Waals surface area contributed by atoms with Crippen LogP contribution in [0, 0.1) is 0 Å². The number of ketones is 1. The monoisotopic (exact) mass is 280 g/mol. The third-order valence-electron chi connectivity index (χ3n) is 2.62. The van der Waals surface area contributed by atoms with Gasteiger partial charge in [0.05, 0.1) is 11.4 Å². The van der Waals surface area contributed by atoms with Gasteiger partial charge in [0.2, 0.25) is 5.78 Å². The van der Waals surface area contributed by atoms with Crippen molar-refractivity contribution in [2.75, 3.05) is 0 Å². The molecule has 18 heavy (non-hydrogen) atoms. The normalized spacial score (nSPS) is 11.4. The summed E-state index contributed by atoms with van der Waals surface area (Å²) in [7, 11) is 0. The van der Waals surface area contributed by atoms with E-state index in [1.165, 1.54) is 22.7 Å². The maximum atomic E-state index is 12.2. The summed E-state index contributed by atoms with van der Waals surface area (Å²) in [5.41, 5.74) is 1.95. The van der Waals surface area contributed by atoms with Crippen molar-refractivity contribution in [1.29, 1.82) is 0 Å². The predicted octanol–water partition coefficient (Wildman–Crippen LogP) is 4.08. The van der Waals surface area contributed by atoms with E-state index in [9.17, 15) is 4.79 Å². The molecule has 0 N–H and O–H groups in total. The van der Waals surface area contributed by atoms with Crippen LogP contribution in [0.3, 0.4) is 0 Å². The Morgan fingerprint density at radius 1 is 0.944 bits per heavy atom. The lowest BCUT2D eigenvalue weighted by Gasteiger charge is -1.97. The largest absolute Gasteiger partial charge is 0.283 e. The molecule has 0 saturated carbocycles. The maximum Gasteiger partial charge on any atom is 0.250 e. The van der Waals surface area contributed by atoms with E-state index in [0.717, 1.165) is 11.4 Å². The van der Waals surface area contributed by atoms with Crippen LogP contribution in [-0.4, -0.2) is 15.8 Å². The molecule has 0 spiro atoms. The lowest BCUT2D eigenvalue weighted by atomic mass is 10.2. The number of carbonyl (C=O) groups is 1. The number of hydrogen-bond acceptors (Lipinski definition) is 5. The van der Waals surface area contributed by atoms with Crippen molar-refractivity contribution in [3.8, 4) is 0 Å². The molecule has 0 unspecified atom stereocenters. The van der Waals surface area contributed by atoms with Crippen LogP contribution in [0.5, 0.6) is 0 Å². The zero-order chi connectivity index (χ0) is 13.3. The van der Waals surface area contributed by atoms with Gasteiger partial charge in [-0.2, -0.15) is 0 Å². The van der Waals surface area contributed by atoms with Gasteiger partial charge in [-0.3, -0.25) is 4.79 Å². The van der Waals surface area contributed by atoms with Crippen LogP contribution in [0.1, 0.15) is 65.7 Å². The average Bonchev–Trinajstić information content (AvgIpc) is 2.97. The molecule has 0 aliphatic carbocycles. The van der Waals surface area contributed by atoms with Gasteiger partial charge in [0.1, 0.15) is 0 Å². The van der Waals surface area contributed by atoms with E-state index < -0.39 is 0 Å². The van der Waals surface area contributed by atoms with Crippen LogP contribution in [-0.2, 0) is 0 Å². The van der Waals surface area contributed by atoms with Crippen molar-refractivity contribution < 1.29 is 4.79 Å². The van der Waals surface area contributed by atoms with E-state index in [-0.39, 0.29) is 5.78 Å². The van der Waals surface area contributed by atoms with Crippen LogP contribution in [0.4, 0.5) is 0 Å². The highest BCUT2D eigenvalue weighted by molar-refractivity contribution is 7.15. The number of thiazole rings is 2. The highest BCUT2D eigenvalue weighted by atomic mass is 32.1. The van der Waals surface area contributed by atoms with Crippen molar-refractivity contribution >= 4 is 28.5 Å². The summed E-state index contributed by atoms with van der Waals surface area (Å²) in [6.45, 7) is 8.29. The van der Waals surface area contributed by atoms with Gasteiger partial charge in [0.15, 0.2) is 10.0 Å². The maximum absolute atomic E-state index is 12.2. The first kappa shape index (κ1) is 13.4. The third kappa shape index (κ3) is 2.67. The molecule has 0 bridgehead atoms. The van der Waals surface area contributed by atoms with Gasteiger partial charge in [0, 0.05) is 10.8 Å². The van der Waals surface area contributed by atoms with E-state index in [4.69, 9.17) is 0 Å². The zero-order valence-electron chi connectivity index (χ0n) is 10.9. The van der Waals surface area contributed by atoms with Crippen molar-refractivity contribution in [2.24, 2.45) is 0 Å². The summed E-state index contributed by atoms with van der Waals surface area (Å²) < 4.78 is 0. The molecule has 96 valence electrons. The van der Waals surface area contributed by atoms with E-state index in [1.807, 2.05) is 10.8 Å². The highest BCUT2D eigenvalue weighted by Gasteiger charge is 2.18. The number of aromatic nitrogens is 2. The Balaban J connectivity index is 2.24. The van der Waals surface area contributed by atoms with Crippen molar-refractivity contribution in [2.45, 2.75) is 39.5 Å². The first-order valence-electron chi connectivity index (χ1n) is 5.94. The van der Waals surface area contributed by atoms with E-state index >= 15 is 0 Å². The lowest BCUT2D eigenvalue weighted by molar-refractivity contribution is 0.103. The molecule has 0 atom stereocenters. The fourth-order valence-electron chi connectivity index (χ4n) is 1.40. The second-order valence-corrected chi connectivity index (χ2v) is 6.51. The van der Waals surface area contributed by atoms with E-state index in [1.54, 1.807) is 0 Å². The van der Waals surface area contributed by atoms with Gasteiger partial charge >= 0.3 is 0 Å². The van der Waals surface area contributed by atoms with Crippen molar-refractivity contribution in [3.05, 3.63) is 32.2 Å². The van der Waals surface area contributed by atoms with Crippen LogP contribution < -0.4 is 0 Å². The Morgan fingerprint density at radius 3 is 1.61 bits per heavy atom. The molecular weight excluding hydrogens is 264 g/mol. The zero-order valence-corrected chi connectivity index (χ0v) is 12.6. The third-order valence-corrected chi connectivity index (χ3v) is 4.33. The van der Waals surface area contributed by atoms with E-state index in [0.29, 0.717) is 21.9 Å². The van der Waals surface area contributed by atoms with Gasteiger partial charge in [-0.15, -0.1) is 22.7 Å². The highest BCUT2D eigenvalue weighted by Crippen LogP contribution is 2.23. The summed E-state index contributed by atoms with van der Waals surface area (Å²) in [6.07, 6.45) is 0. The smallest absolute Gasteiger partial charge is 0.250 e. The Labute approximate surface area is 115 Å². The molecule has 2 heterocycles. The van der Waals surface area contributed by atoms with Crippen LogP contribution in [0.2, 0.25) is 0 Å². The molecule has 2 aromatic heterocycles. The SMILES string of the molecule is CC(C)c1csc(C(=O)c2nc(C(C)C)cs2)n1. The molecule has 0 saturated heterocycles. The molecule has 5 heteroatoms. The van der Waals surface area contributed by atoms with Crippen molar-refractivity contribution in [3.63, 3.8) is 0 Å². The molecule has 0 amide bonds. The fraction of sp³-hybridized carbons (Fsp3) is 0.462.